The van der Waals surface area contributed by atoms with Crippen molar-refractivity contribution >= 4 is 22.3 Å². The molecule has 0 saturated carbocycles. The molecular formula is C11H10N2O5S. The molecule has 1 N–H and O–H groups in total. The van der Waals surface area contributed by atoms with E-state index in [1.165, 1.54) is 12.1 Å². The summed E-state index contributed by atoms with van der Waals surface area (Å²) in [6, 6.07) is 2.83. The van der Waals surface area contributed by atoms with Gasteiger partial charge in [0.1, 0.15) is 0 Å². The average Bonchev–Trinajstić information content (AvgIpc) is 2.94. The SMILES string of the molecule is CCCc1nc(-c2ccc([N+](=O)[O-])s2)oc1C(=O)O. The quantitative estimate of drug-likeness (QED) is 0.667. The van der Waals surface area contributed by atoms with Gasteiger partial charge in [0.25, 0.3) is 0 Å². The summed E-state index contributed by atoms with van der Waals surface area (Å²) < 4.78 is 5.19. The van der Waals surface area contributed by atoms with Crippen molar-refractivity contribution in [3.63, 3.8) is 0 Å². The van der Waals surface area contributed by atoms with Gasteiger partial charge in [-0.25, -0.2) is 9.78 Å². The Hall–Kier alpha value is -2.22. The number of rotatable bonds is 5. The van der Waals surface area contributed by atoms with Gasteiger partial charge >= 0.3 is 11.0 Å². The highest BCUT2D eigenvalue weighted by atomic mass is 32.1. The van der Waals surface area contributed by atoms with Crippen molar-refractivity contribution in [1.82, 2.24) is 4.98 Å². The molecule has 0 radical (unpaired) electrons. The van der Waals surface area contributed by atoms with Crippen molar-refractivity contribution in [2.24, 2.45) is 0 Å². The summed E-state index contributed by atoms with van der Waals surface area (Å²) in [7, 11) is 0. The number of aromatic carboxylic acids is 1. The van der Waals surface area contributed by atoms with Crippen LogP contribution in [0.5, 0.6) is 0 Å². The molecule has 7 nitrogen and oxygen atoms in total. The number of aromatic nitrogens is 1. The molecule has 0 aliphatic rings. The minimum atomic E-state index is -1.19. The molecule has 0 atom stereocenters. The van der Waals surface area contributed by atoms with E-state index < -0.39 is 10.9 Å². The van der Waals surface area contributed by atoms with E-state index in [2.05, 4.69) is 4.98 Å². The first-order valence-corrected chi connectivity index (χ1v) is 6.32. The lowest BCUT2D eigenvalue weighted by Crippen LogP contribution is -1.99. The Balaban J connectivity index is 2.41. The van der Waals surface area contributed by atoms with Gasteiger partial charge in [-0.2, -0.15) is 0 Å². The lowest BCUT2D eigenvalue weighted by molar-refractivity contribution is -0.380. The molecule has 2 heterocycles. The number of nitro groups is 1. The maximum absolute atomic E-state index is 11.0. The van der Waals surface area contributed by atoms with Gasteiger partial charge < -0.3 is 9.52 Å². The van der Waals surface area contributed by atoms with Crippen LogP contribution in [0.25, 0.3) is 10.8 Å². The predicted octanol–water partition coefficient (Wildman–Crippen LogP) is 2.96. The molecule has 0 aliphatic heterocycles. The predicted molar refractivity (Wildman–Crippen MR) is 67.4 cm³/mol. The number of thiophene rings is 1. The highest BCUT2D eigenvalue weighted by Crippen LogP contribution is 2.33. The molecular weight excluding hydrogens is 272 g/mol. The third-order valence-electron chi connectivity index (χ3n) is 2.36. The van der Waals surface area contributed by atoms with Crippen molar-refractivity contribution in [3.8, 4) is 10.8 Å². The Bertz CT molecular complexity index is 631. The van der Waals surface area contributed by atoms with E-state index in [0.717, 1.165) is 17.8 Å². The second kappa shape index (κ2) is 5.19. The molecule has 2 aromatic heterocycles. The zero-order valence-electron chi connectivity index (χ0n) is 9.95. The van der Waals surface area contributed by atoms with Crippen LogP contribution < -0.4 is 0 Å². The monoisotopic (exact) mass is 282 g/mol. The van der Waals surface area contributed by atoms with Crippen molar-refractivity contribution in [3.05, 3.63) is 33.7 Å². The second-order valence-corrected chi connectivity index (χ2v) is 4.81. The van der Waals surface area contributed by atoms with E-state index in [1.807, 2.05) is 6.92 Å². The summed E-state index contributed by atoms with van der Waals surface area (Å²) in [6.07, 6.45) is 1.22. The standard InChI is InChI=1S/C11H10N2O5S/c1-2-3-6-9(11(14)15)18-10(12-6)7-4-5-8(19-7)13(16)17/h4-5H,2-3H2,1H3,(H,14,15). The molecule has 0 amide bonds. The Labute approximate surface area is 111 Å². The molecule has 0 fully saturated rings. The lowest BCUT2D eigenvalue weighted by atomic mass is 10.2. The van der Waals surface area contributed by atoms with Crippen LogP contribution in [0, 0.1) is 10.1 Å². The van der Waals surface area contributed by atoms with Gasteiger partial charge in [-0.05, 0) is 12.5 Å². The largest absolute Gasteiger partial charge is 0.475 e. The molecule has 0 aromatic carbocycles. The van der Waals surface area contributed by atoms with Crippen molar-refractivity contribution in [2.45, 2.75) is 19.8 Å². The van der Waals surface area contributed by atoms with Gasteiger partial charge in [-0.15, -0.1) is 0 Å². The number of carboxylic acid groups (broad SMARTS) is 1. The van der Waals surface area contributed by atoms with E-state index in [-0.39, 0.29) is 16.7 Å². The first-order chi connectivity index (χ1) is 9.02. The Morgan fingerprint density at radius 3 is 2.84 bits per heavy atom. The fourth-order valence-corrected chi connectivity index (χ4v) is 2.32. The number of carbonyl (C=O) groups is 1. The molecule has 0 aliphatic carbocycles. The van der Waals surface area contributed by atoms with Gasteiger partial charge in [-0.3, -0.25) is 10.1 Å². The van der Waals surface area contributed by atoms with Crippen LogP contribution in [0.4, 0.5) is 5.00 Å². The molecule has 0 spiro atoms. The number of carboxylic acids is 1. The topological polar surface area (TPSA) is 106 Å². The van der Waals surface area contributed by atoms with E-state index in [0.29, 0.717) is 17.0 Å². The zero-order chi connectivity index (χ0) is 14.0. The van der Waals surface area contributed by atoms with Gasteiger partial charge in [0, 0.05) is 6.07 Å². The smallest absolute Gasteiger partial charge is 0.373 e. The minimum absolute atomic E-state index is 0.0397. The highest BCUT2D eigenvalue weighted by Gasteiger charge is 2.22. The summed E-state index contributed by atoms with van der Waals surface area (Å²) in [6.45, 7) is 1.90. The Morgan fingerprint density at radius 1 is 1.58 bits per heavy atom. The number of hydrogen-bond acceptors (Lipinski definition) is 6. The van der Waals surface area contributed by atoms with Crippen LogP contribution in [0.15, 0.2) is 16.5 Å². The third-order valence-corrected chi connectivity index (χ3v) is 3.39. The number of nitrogens with zero attached hydrogens (tertiary/aromatic N) is 2. The maximum atomic E-state index is 11.0. The highest BCUT2D eigenvalue weighted by molar-refractivity contribution is 7.18. The molecule has 0 bridgehead atoms. The average molecular weight is 282 g/mol. The fraction of sp³-hybridized carbons (Fsp3) is 0.273. The van der Waals surface area contributed by atoms with Crippen molar-refractivity contribution in [1.29, 1.82) is 0 Å². The van der Waals surface area contributed by atoms with E-state index >= 15 is 0 Å². The minimum Gasteiger partial charge on any atom is -0.475 e. The molecule has 19 heavy (non-hydrogen) atoms. The van der Waals surface area contributed by atoms with Crippen LogP contribution in [0.2, 0.25) is 0 Å². The Kier molecular flexibility index (Phi) is 3.61. The fourth-order valence-electron chi connectivity index (χ4n) is 1.57. The third kappa shape index (κ3) is 2.63. The van der Waals surface area contributed by atoms with Crippen molar-refractivity contribution < 1.29 is 19.2 Å². The van der Waals surface area contributed by atoms with E-state index in [4.69, 9.17) is 9.52 Å². The van der Waals surface area contributed by atoms with Crippen LogP contribution >= 0.6 is 11.3 Å². The van der Waals surface area contributed by atoms with Crippen LogP contribution in [-0.2, 0) is 6.42 Å². The zero-order valence-corrected chi connectivity index (χ0v) is 10.8. The van der Waals surface area contributed by atoms with E-state index in [9.17, 15) is 14.9 Å². The van der Waals surface area contributed by atoms with E-state index in [1.54, 1.807) is 0 Å². The first-order valence-electron chi connectivity index (χ1n) is 5.50. The summed E-state index contributed by atoms with van der Waals surface area (Å²) in [5.41, 5.74) is 0.362. The molecule has 8 heteroatoms. The maximum Gasteiger partial charge on any atom is 0.373 e. The number of oxazole rings is 1. The summed E-state index contributed by atoms with van der Waals surface area (Å²) >= 11 is 0.898. The lowest BCUT2D eigenvalue weighted by Gasteiger charge is -1.91. The summed E-state index contributed by atoms with van der Waals surface area (Å²) in [5, 5.41) is 19.6. The molecule has 2 aromatic rings. The van der Waals surface area contributed by atoms with Gasteiger partial charge in [-0.1, -0.05) is 24.7 Å². The van der Waals surface area contributed by atoms with Crippen LogP contribution in [-0.4, -0.2) is 21.0 Å². The van der Waals surface area contributed by atoms with Crippen LogP contribution in [0.1, 0.15) is 29.6 Å². The Morgan fingerprint density at radius 2 is 2.32 bits per heavy atom. The normalized spacial score (nSPS) is 10.6. The van der Waals surface area contributed by atoms with Gasteiger partial charge in [0.15, 0.2) is 0 Å². The molecule has 100 valence electrons. The number of aryl methyl sites for hydroxylation is 1. The van der Waals surface area contributed by atoms with Crippen LogP contribution in [0.3, 0.4) is 0 Å². The summed E-state index contributed by atoms with van der Waals surface area (Å²) in [5.74, 6) is -1.28. The second-order valence-electron chi connectivity index (χ2n) is 3.74. The molecule has 2 rings (SSSR count). The number of hydrogen-bond donors (Lipinski definition) is 1. The van der Waals surface area contributed by atoms with Gasteiger partial charge in [0.05, 0.1) is 15.5 Å². The molecule has 0 saturated heterocycles. The van der Waals surface area contributed by atoms with Gasteiger partial charge in [0.2, 0.25) is 11.7 Å². The van der Waals surface area contributed by atoms with Crippen molar-refractivity contribution in [2.75, 3.05) is 0 Å². The molecule has 0 unspecified atom stereocenters. The summed E-state index contributed by atoms with van der Waals surface area (Å²) in [4.78, 5) is 25.6. The first kappa shape index (κ1) is 13.2.